The summed E-state index contributed by atoms with van der Waals surface area (Å²) in [6, 6.07) is 10.4. The van der Waals surface area contributed by atoms with E-state index in [2.05, 4.69) is 0 Å². The molecule has 5 heteroatoms. The molecule has 0 amide bonds. The van der Waals surface area contributed by atoms with Crippen LogP contribution in [0.25, 0.3) is 0 Å². The summed E-state index contributed by atoms with van der Waals surface area (Å²) < 4.78 is 13.5. The van der Waals surface area contributed by atoms with Crippen molar-refractivity contribution in [1.29, 1.82) is 0 Å². The van der Waals surface area contributed by atoms with Crippen LogP contribution in [-0.2, 0) is 6.42 Å². The van der Waals surface area contributed by atoms with Crippen LogP contribution in [0, 0.1) is 5.82 Å². The van der Waals surface area contributed by atoms with Crippen molar-refractivity contribution in [2.75, 3.05) is 17.2 Å². The van der Waals surface area contributed by atoms with E-state index in [-0.39, 0.29) is 11.3 Å². The number of anilines is 3. The molecule has 102 valence electrons. The van der Waals surface area contributed by atoms with Gasteiger partial charge < -0.3 is 15.7 Å². The Morgan fingerprint density at radius 1 is 1.20 bits per heavy atom. The van der Waals surface area contributed by atoms with Gasteiger partial charge in [-0.25, -0.2) is 9.18 Å². The van der Waals surface area contributed by atoms with Gasteiger partial charge >= 0.3 is 5.97 Å². The third-order valence-corrected chi connectivity index (χ3v) is 3.56. The van der Waals surface area contributed by atoms with Crippen molar-refractivity contribution in [2.45, 2.75) is 6.42 Å². The van der Waals surface area contributed by atoms with E-state index in [4.69, 9.17) is 5.73 Å². The number of rotatable bonds is 2. The topological polar surface area (TPSA) is 66.6 Å². The molecule has 1 aliphatic heterocycles. The number of hydrogen-bond acceptors (Lipinski definition) is 3. The standard InChI is InChI=1S/C15H13FN2O2/c16-10-5-6-12(13(14(10)17)15(19)20)18-8-7-9-3-1-2-4-11(9)18/h1-6H,7-8,17H2,(H,19,20). The molecule has 0 saturated heterocycles. The first-order valence-corrected chi connectivity index (χ1v) is 6.26. The first-order valence-electron chi connectivity index (χ1n) is 6.26. The van der Waals surface area contributed by atoms with Gasteiger partial charge in [0.05, 0.1) is 11.4 Å². The highest BCUT2D eigenvalue weighted by Gasteiger charge is 2.26. The summed E-state index contributed by atoms with van der Waals surface area (Å²) >= 11 is 0. The van der Waals surface area contributed by atoms with Gasteiger partial charge in [0.1, 0.15) is 11.4 Å². The van der Waals surface area contributed by atoms with Gasteiger partial charge in [-0.3, -0.25) is 0 Å². The van der Waals surface area contributed by atoms with Gasteiger partial charge in [-0.05, 0) is 30.2 Å². The number of carbonyl (C=O) groups is 1. The summed E-state index contributed by atoms with van der Waals surface area (Å²) in [6.45, 7) is 0.657. The summed E-state index contributed by atoms with van der Waals surface area (Å²) in [7, 11) is 0. The summed E-state index contributed by atoms with van der Waals surface area (Å²) in [5, 5.41) is 9.31. The van der Waals surface area contributed by atoms with E-state index in [1.54, 1.807) is 0 Å². The van der Waals surface area contributed by atoms with E-state index < -0.39 is 11.8 Å². The number of fused-ring (bicyclic) bond motifs is 1. The van der Waals surface area contributed by atoms with Crippen LogP contribution < -0.4 is 10.6 Å². The predicted octanol–water partition coefficient (Wildman–Crippen LogP) is 2.80. The number of hydrogen-bond donors (Lipinski definition) is 2. The lowest BCUT2D eigenvalue weighted by Crippen LogP contribution is -2.18. The Bertz CT molecular complexity index is 700. The van der Waals surface area contributed by atoms with E-state index in [1.165, 1.54) is 12.1 Å². The van der Waals surface area contributed by atoms with Crippen molar-refractivity contribution in [1.82, 2.24) is 0 Å². The Balaban J connectivity index is 2.17. The van der Waals surface area contributed by atoms with Crippen LogP contribution in [0.15, 0.2) is 36.4 Å². The van der Waals surface area contributed by atoms with Crippen molar-refractivity contribution in [3.8, 4) is 0 Å². The van der Waals surface area contributed by atoms with Crippen LogP contribution in [0.3, 0.4) is 0 Å². The normalized spacial score (nSPS) is 13.3. The third-order valence-electron chi connectivity index (χ3n) is 3.56. The summed E-state index contributed by atoms with van der Waals surface area (Å²) in [5.74, 6) is -1.93. The molecule has 0 atom stereocenters. The van der Waals surface area contributed by atoms with E-state index >= 15 is 0 Å². The number of benzene rings is 2. The highest BCUT2D eigenvalue weighted by molar-refractivity contribution is 6.01. The maximum atomic E-state index is 13.5. The smallest absolute Gasteiger partial charge is 0.340 e. The molecule has 20 heavy (non-hydrogen) atoms. The van der Waals surface area contributed by atoms with Crippen LogP contribution >= 0.6 is 0 Å². The Labute approximate surface area is 115 Å². The lowest BCUT2D eigenvalue weighted by atomic mass is 10.1. The van der Waals surface area contributed by atoms with Gasteiger partial charge in [-0.2, -0.15) is 0 Å². The van der Waals surface area contributed by atoms with Crippen LogP contribution in [0.2, 0.25) is 0 Å². The second-order valence-corrected chi connectivity index (χ2v) is 4.69. The van der Waals surface area contributed by atoms with Crippen molar-refractivity contribution < 1.29 is 14.3 Å². The Morgan fingerprint density at radius 3 is 2.70 bits per heavy atom. The van der Waals surface area contributed by atoms with Gasteiger partial charge in [0.2, 0.25) is 0 Å². The summed E-state index contributed by atoms with van der Waals surface area (Å²) in [4.78, 5) is 13.3. The molecule has 2 aromatic carbocycles. The maximum absolute atomic E-state index is 13.5. The largest absolute Gasteiger partial charge is 0.478 e. The first kappa shape index (κ1) is 12.5. The van der Waals surface area contributed by atoms with Crippen LogP contribution in [0.4, 0.5) is 21.5 Å². The molecule has 0 aromatic heterocycles. The number of para-hydroxylation sites is 1. The lowest BCUT2D eigenvalue weighted by molar-refractivity contribution is 0.0698. The predicted molar refractivity (Wildman–Crippen MR) is 74.9 cm³/mol. The molecule has 0 bridgehead atoms. The summed E-state index contributed by atoms with van der Waals surface area (Å²) in [6.07, 6.45) is 0.826. The van der Waals surface area contributed by atoms with Crippen molar-refractivity contribution in [2.24, 2.45) is 0 Å². The van der Waals surface area contributed by atoms with E-state index in [1.807, 2.05) is 29.2 Å². The first-order chi connectivity index (χ1) is 9.59. The fraction of sp³-hybridized carbons (Fsp3) is 0.133. The molecule has 4 nitrogen and oxygen atoms in total. The Kier molecular flexibility index (Phi) is 2.82. The number of carboxylic acid groups (broad SMARTS) is 1. The Hall–Kier alpha value is -2.56. The fourth-order valence-electron chi connectivity index (χ4n) is 2.62. The SMILES string of the molecule is Nc1c(F)ccc(N2CCc3ccccc32)c1C(=O)O. The monoisotopic (exact) mass is 272 g/mol. The summed E-state index contributed by atoms with van der Waals surface area (Å²) in [5.41, 5.74) is 7.61. The lowest BCUT2D eigenvalue weighted by Gasteiger charge is -2.22. The van der Waals surface area contributed by atoms with Gasteiger partial charge in [-0.1, -0.05) is 18.2 Å². The van der Waals surface area contributed by atoms with Crippen LogP contribution in [0.5, 0.6) is 0 Å². The average molecular weight is 272 g/mol. The van der Waals surface area contributed by atoms with Crippen molar-refractivity contribution >= 4 is 23.0 Å². The molecule has 0 fully saturated rings. The number of nitrogens with two attached hydrogens (primary N) is 1. The second-order valence-electron chi connectivity index (χ2n) is 4.69. The van der Waals surface area contributed by atoms with Crippen LogP contribution in [-0.4, -0.2) is 17.6 Å². The number of nitrogen functional groups attached to an aromatic ring is 1. The van der Waals surface area contributed by atoms with E-state index in [0.29, 0.717) is 12.2 Å². The molecule has 0 aliphatic carbocycles. The van der Waals surface area contributed by atoms with Gasteiger partial charge in [0.15, 0.2) is 0 Å². The molecule has 3 rings (SSSR count). The zero-order valence-corrected chi connectivity index (χ0v) is 10.6. The molecule has 3 N–H and O–H groups in total. The zero-order chi connectivity index (χ0) is 14.3. The highest BCUT2D eigenvalue weighted by atomic mass is 19.1. The molecular formula is C15H13FN2O2. The fourth-order valence-corrected chi connectivity index (χ4v) is 2.62. The van der Waals surface area contributed by atoms with Gasteiger partial charge in [0.25, 0.3) is 0 Å². The van der Waals surface area contributed by atoms with E-state index in [9.17, 15) is 14.3 Å². The average Bonchev–Trinajstić information content (AvgIpc) is 2.85. The minimum atomic E-state index is -1.22. The molecule has 0 spiro atoms. The van der Waals surface area contributed by atoms with Crippen molar-refractivity contribution in [3.05, 3.63) is 53.3 Å². The molecule has 0 saturated carbocycles. The van der Waals surface area contributed by atoms with Gasteiger partial charge in [0, 0.05) is 12.2 Å². The molecule has 0 unspecified atom stereocenters. The molecule has 1 heterocycles. The third kappa shape index (κ3) is 1.79. The van der Waals surface area contributed by atoms with Gasteiger partial charge in [-0.15, -0.1) is 0 Å². The maximum Gasteiger partial charge on any atom is 0.340 e. The van der Waals surface area contributed by atoms with Crippen LogP contribution in [0.1, 0.15) is 15.9 Å². The number of halogens is 1. The number of aromatic carboxylic acids is 1. The molecule has 1 aliphatic rings. The highest BCUT2D eigenvalue weighted by Crippen LogP contribution is 2.38. The quantitative estimate of drug-likeness (QED) is 0.825. The van der Waals surface area contributed by atoms with Crippen molar-refractivity contribution in [3.63, 3.8) is 0 Å². The zero-order valence-electron chi connectivity index (χ0n) is 10.6. The number of nitrogens with zero attached hydrogens (tertiary/aromatic N) is 1. The Morgan fingerprint density at radius 2 is 1.95 bits per heavy atom. The molecule has 2 aromatic rings. The molecular weight excluding hydrogens is 259 g/mol. The molecule has 0 radical (unpaired) electrons. The number of carboxylic acids is 1. The van der Waals surface area contributed by atoms with E-state index in [0.717, 1.165) is 17.7 Å². The minimum absolute atomic E-state index is 0.179. The minimum Gasteiger partial charge on any atom is -0.478 e. The second kappa shape index (κ2) is 4.52.